The summed E-state index contributed by atoms with van der Waals surface area (Å²) in [5.41, 5.74) is 1.90. The van der Waals surface area contributed by atoms with E-state index in [1.54, 1.807) is 6.07 Å². The number of carboxylic acids is 1. The van der Waals surface area contributed by atoms with Crippen LogP contribution in [0.15, 0.2) is 60.7 Å². The molecule has 0 heterocycles. The first-order chi connectivity index (χ1) is 11.7. The van der Waals surface area contributed by atoms with Gasteiger partial charge in [-0.2, -0.15) is 0 Å². The first-order valence-corrected chi connectivity index (χ1v) is 8.19. The van der Waals surface area contributed by atoms with E-state index in [0.717, 1.165) is 34.7 Å². The van der Waals surface area contributed by atoms with Gasteiger partial charge in [-0.15, -0.1) is 0 Å². The van der Waals surface area contributed by atoms with Crippen molar-refractivity contribution >= 4 is 16.7 Å². The Bertz CT molecular complexity index is 854. The van der Waals surface area contributed by atoms with Gasteiger partial charge in [0.2, 0.25) is 0 Å². The molecular formula is C21H20O3. The van der Waals surface area contributed by atoms with E-state index >= 15 is 0 Å². The van der Waals surface area contributed by atoms with Crippen molar-refractivity contribution in [2.24, 2.45) is 0 Å². The maximum absolute atomic E-state index is 11.9. The minimum atomic E-state index is -0.944. The van der Waals surface area contributed by atoms with Gasteiger partial charge in [-0.25, -0.2) is 4.79 Å². The van der Waals surface area contributed by atoms with Crippen molar-refractivity contribution in [2.75, 3.05) is 6.61 Å². The van der Waals surface area contributed by atoms with Crippen LogP contribution in [0.4, 0.5) is 0 Å². The molecule has 0 fully saturated rings. The molecule has 0 bridgehead atoms. The fourth-order valence-corrected chi connectivity index (χ4v) is 2.87. The van der Waals surface area contributed by atoms with Gasteiger partial charge in [0.1, 0.15) is 5.75 Å². The number of hydrogen-bond acceptors (Lipinski definition) is 2. The zero-order valence-corrected chi connectivity index (χ0v) is 13.7. The molecule has 0 aliphatic rings. The van der Waals surface area contributed by atoms with Crippen molar-refractivity contribution in [2.45, 2.75) is 19.8 Å². The number of ether oxygens (including phenoxy) is 1. The van der Waals surface area contributed by atoms with E-state index < -0.39 is 5.97 Å². The second-order valence-electron chi connectivity index (χ2n) is 5.72. The summed E-state index contributed by atoms with van der Waals surface area (Å²) < 4.78 is 5.88. The smallest absolute Gasteiger partial charge is 0.336 e. The third-order valence-corrected chi connectivity index (χ3v) is 4.05. The lowest BCUT2D eigenvalue weighted by atomic mass is 9.92. The van der Waals surface area contributed by atoms with Crippen LogP contribution in [0, 0.1) is 0 Å². The van der Waals surface area contributed by atoms with Crippen LogP contribution in [0.5, 0.6) is 5.75 Å². The molecule has 0 aromatic heterocycles. The Kier molecular flexibility index (Phi) is 4.80. The van der Waals surface area contributed by atoms with Crippen LogP contribution in [0.1, 0.15) is 30.1 Å². The zero-order valence-electron chi connectivity index (χ0n) is 13.7. The number of aromatic carboxylic acids is 1. The number of benzene rings is 3. The first-order valence-electron chi connectivity index (χ1n) is 8.19. The van der Waals surface area contributed by atoms with E-state index in [0.29, 0.717) is 12.4 Å². The standard InChI is InChI=1S/C21H20O3/c1-2-3-13-24-19-14-18(21(22)23)20(15-9-5-4-6-10-15)17-12-8-7-11-16(17)19/h4-12,14H,2-3,13H2,1H3,(H,22,23). The molecule has 122 valence electrons. The van der Waals surface area contributed by atoms with Crippen molar-refractivity contribution in [3.8, 4) is 16.9 Å². The summed E-state index contributed by atoms with van der Waals surface area (Å²) in [5.74, 6) is -0.309. The molecule has 0 aliphatic carbocycles. The van der Waals surface area contributed by atoms with E-state index in [1.165, 1.54) is 0 Å². The summed E-state index contributed by atoms with van der Waals surface area (Å²) in [6.07, 6.45) is 1.98. The summed E-state index contributed by atoms with van der Waals surface area (Å²) in [6.45, 7) is 2.69. The molecule has 0 spiro atoms. The normalized spacial score (nSPS) is 10.7. The minimum absolute atomic E-state index is 0.270. The van der Waals surface area contributed by atoms with Gasteiger partial charge < -0.3 is 9.84 Å². The summed E-state index contributed by atoms with van der Waals surface area (Å²) in [7, 11) is 0. The average Bonchev–Trinajstić information content (AvgIpc) is 2.62. The van der Waals surface area contributed by atoms with Crippen molar-refractivity contribution in [1.82, 2.24) is 0 Å². The Morgan fingerprint density at radius 3 is 2.33 bits per heavy atom. The number of hydrogen-bond donors (Lipinski definition) is 1. The van der Waals surface area contributed by atoms with E-state index in [-0.39, 0.29) is 5.56 Å². The molecule has 0 unspecified atom stereocenters. The first kappa shape index (κ1) is 16.1. The summed E-state index contributed by atoms with van der Waals surface area (Å²) >= 11 is 0. The molecular weight excluding hydrogens is 300 g/mol. The van der Waals surface area contributed by atoms with Crippen molar-refractivity contribution < 1.29 is 14.6 Å². The van der Waals surface area contributed by atoms with Gasteiger partial charge in [-0.1, -0.05) is 67.9 Å². The van der Waals surface area contributed by atoms with Crippen LogP contribution >= 0.6 is 0 Å². The molecule has 24 heavy (non-hydrogen) atoms. The Balaban J connectivity index is 2.25. The van der Waals surface area contributed by atoms with Gasteiger partial charge in [0.15, 0.2) is 0 Å². The predicted molar refractivity (Wildman–Crippen MR) is 96.7 cm³/mol. The van der Waals surface area contributed by atoms with E-state index in [9.17, 15) is 9.90 Å². The monoisotopic (exact) mass is 320 g/mol. The molecule has 0 radical (unpaired) electrons. The molecule has 0 aliphatic heterocycles. The Hall–Kier alpha value is -2.81. The van der Waals surface area contributed by atoms with Gasteiger partial charge in [0.25, 0.3) is 0 Å². The quantitative estimate of drug-likeness (QED) is 0.620. The summed E-state index contributed by atoms with van der Waals surface area (Å²) in [6, 6.07) is 19.1. The summed E-state index contributed by atoms with van der Waals surface area (Å²) in [4.78, 5) is 11.9. The van der Waals surface area contributed by atoms with E-state index in [1.807, 2.05) is 54.6 Å². The van der Waals surface area contributed by atoms with Crippen LogP contribution in [0.25, 0.3) is 21.9 Å². The van der Waals surface area contributed by atoms with Gasteiger partial charge in [0.05, 0.1) is 12.2 Å². The highest BCUT2D eigenvalue weighted by Gasteiger charge is 2.18. The predicted octanol–water partition coefficient (Wildman–Crippen LogP) is 5.38. The Morgan fingerprint density at radius 2 is 1.67 bits per heavy atom. The molecule has 3 rings (SSSR count). The summed E-state index contributed by atoms with van der Waals surface area (Å²) in [5, 5.41) is 11.6. The molecule has 3 aromatic rings. The highest BCUT2D eigenvalue weighted by molar-refractivity contribution is 6.09. The SMILES string of the molecule is CCCCOc1cc(C(=O)O)c(-c2ccccc2)c2ccccc12. The lowest BCUT2D eigenvalue weighted by molar-refractivity contribution is 0.0697. The van der Waals surface area contributed by atoms with E-state index in [2.05, 4.69) is 6.92 Å². The van der Waals surface area contributed by atoms with Gasteiger partial charge in [-0.3, -0.25) is 0 Å². The minimum Gasteiger partial charge on any atom is -0.493 e. The van der Waals surface area contributed by atoms with Crippen LogP contribution in [-0.4, -0.2) is 17.7 Å². The number of carboxylic acid groups (broad SMARTS) is 1. The molecule has 1 N–H and O–H groups in total. The maximum atomic E-state index is 11.9. The van der Waals surface area contributed by atoms with Gasteiger partial charge >= 0.3 is 5.97 Å². The number of fused-ring (bicyclic) bond motifs is 1. The molecule has 3 heteroatoms. The molecule has 3 aromatic carbocycles. The fourth-order valence-electron chi connectivity index (χ4n) is 2.87. The Labute approximate surface area is 141 Å². The largest absolute Gasteiger partial charge is 0.493 e. The molecule has 0 amide bonds. The van der Waals surface area contributed by atoms with Gasteiger partial charge in [-0.05, 0) is 23.4 Å². The third kappa shape index (κ3) is 3.11. The van der Waals surface area contributed by atoms with Gasteiger partial charge in [0, 0.05) is 10.9 Å². The van der Waals surface area contributed by atoms with Crippen molar-refractivity contribution in [3.63, 3.8) is 0 Å². The number of rotatable bonds is 6. The topological polar surface area (TPSA) is 46.5 Å². The van der Waals surface area contributed by atoms with Crippen molar-refractivity contribution in [1.29, 1.82) is 0 Å². The molecule has 0 saturated carbocycles. The van der Waals surface area contributed by atoms with E-state index in [4.69, 9.17) is 4.74 Å². The average molecular weight is 320 g/mol. The van der Waals surface area contributed by atoms with Crippen molar-refractivity contribution in [3.05, 3.63) is 66.2 Å². The highest BCUT2D eigenvalue weighted by atomic mass is 16.5. The van der Waals surface area contributed by atoms with Crippen LogP contribution in [0.2, 0.25) is 0 Å². The number of carbonyl (C=O) groups is 1. The van der Waals surface area contributed by atoms with Crippen LogP contribution < -0.4 is 4.74 Å². The lowest BCUT2D eigenvalue weighted by Gasteiger charge is -2.15. The second kappa shape index (κ2) is 7.18. The molecule has 3 nitrogen and oxygen atoms in total. The fraction of sp³-hybridized carbons (Fsp3) is 0.190. The lowest BCUT2D eigenvalue weighted by Crippen LogP contribution is -2.04. The maximum Gasteiger partial charge on any atom is 0.336 e. The molecule has 0 saturated heterocycles. The third-order valence-electron chi connectivity index (χ3n) is 4.05. The Morgan fingerprint density at radius 1 is 1.00 bits per heavy atom. The highest BCUT2D eigenvalue weighted by Crippen LogP contribution is 2.38. The van der Waals surface area contributed by atoms with Crippen LogP contribution in [0.3, 0.4) is 0 Å². The number of unbranched alkanes of at least 4 members (excludes halogenated alkanes) is 1. The molecule has 0 atom stereocenters. The second-order valence-corrected chi connectivity index (χ2v) is 5.72. The van der Waals surface area contributed by atoms with Crippen LogP contribution in [-0.2, 0) is 0 Å². The zero-order chi connectivity index (χ0) is 16.9.